The van der Waals surface area contributed by atoms with Gasteiger partial charge in [0.05, 0.1) is 6.54 Å². The molecule has 21 heavy (non-hydrogen) atoms. The predicted octanol–water partition coefficient (Wildman–Crippen LogP) is 2.61. The molecule has 4 heteroatoms. The fourth-order valence-electron chi connectivity index (χ4n) is 2.85. The van der Waals surface area contributed by atoms with Gasteiger partial charge in [-0.1, -0.05) is 13.8 Å². The van der Waals surface area contributed by atoms with Crippen molar-refractivity contribution in [2.24, 2.45) is 0 Å². The minimum absolute atomic E-state index is 0.248. The van der Waals surface area contributed by atoms with E-state index in [4.69, 9.17) is 4.42 Å². The van der Waals surface area contributed by atoms with Crippen LogP contribution in [0.3, 0.4) is 0 Å². The molecule has 4 nitrogen and oxygen atoms in total. The van der Waals surface area contributed by atoms with Crippen LogP contribution in [0, 0.1) is 6.92 Å². The maximum Gasteiger partial charge on any atom is 0.118 e. The highest BCUT2D eigenvalue weighted by Crippen LogP contribution is 2.23. The lowest BCUT2D eigenvalue weighted by atomic mass is 9.99. The second kappa shape index (κ2) is 6.51. The maximum atomic E-state index is 5.88. The third-order valence-electron chi connectivity index (χ3n) is 4.55. The van der Waals surface area contributed by atoms with E-state index in [0.717, 1.165) is 44.2 Å². The van der Waals surface area contributed by atoms with Gasteiger partial charge < -0.3 is 9.73 Å². The Bertz CT molecular complexity index is 465. The molecule has 0 aliphatic carbocycles. The molecule has 0 bridgehead atoms. The number of piperazine rings is 1. The topological polar surface area (TPSA) is 31.7 Å². The van der Waals surface area contributed by atoms with Gasteiger partial charge >= 0.3 is 0 Å². The summed E-state index contributed by atoms with van der Waals surface area (Å²) in [5, 5.41) is 3.41. The molecule has 0 saturated carbocycles. The summed E-state index contributed by atoms with van der Waals surface area (Å²) in [4.78, 5) is 4.99. The van der Waals surface area contributed by atoms with Gasteiger partial charge in [-0.25, -0.2) is 0 Å². The lowest BCUT2D eigenvalue weighted by Crippen LogP contribution is -2.57. The quantitative estimate of drug-likeness (QED) is 0.904. The summed E-state index contributed by atoms with van der Waals surface area (Å²) in [6.07, 6.45) is 0. The average Bonchev–Trinajstić information content (AvgIpc) is 2.72. The Labute approximate surface area is 129 Å². The first-order valence-electron chi connectivity index (χ1n) is 8.03. The summed E-state index contributed by atoms with van der Waals surface area (Å²) in [5.74, 6) is 2.11. The van der Waals surface area contributed by atoms with Crippen molar-refractivity contribution < 1.29 is 4.42 Å². The molecular formula is C17H31N3O. The van der Waals surface area contributed by atoms with E-state index in [1.807, 2.05) is 0 Å². The fraction of sp³-hybridized carbons (Fsp3) is 0.765. The lowest BCUT2D eigenvalue weighted by Gasteiger charge is -2.45. The maximum absolute atomic E-state index is 5.88. The van der Waals surface area contributed by atoms with Gasteiger partial charge in [0.25, 0.3) is 0 Å². The number of nitrogens with zero attached hydrogens (tertiary/aromatic N) is 2. The first-order valence-corrected chi connectivity index (χ1v) is 8.03. The van der Waals surface area contributed by atoms with Crippen LogP contribution in [0.2, 0.25) is 0 Å². The molecule has 1 aromatic heterocycles. The zero-order valence-electron chi connectivity index (χ0n) is 14.5. The normalized spacial score (nSPS) is 20.3. The van der Waals surface area contributed by atoms with E-state index in [2.05, 4.69) is 62.8 Å². The third-order valence-corrected chi connectivity index (χ3v) is 4.55. The number of aryl methyl sites for hydroxylation is 1. The van der Waals surface area contributed by atoms with Crippen LogP contribution in [0.1, 0.15) is 44.8 Å². The first kappa shape index (κ1) is 16.5. The van der Waals surface area contributed by atoms with Crippen LogP contribution in [-0.2, 0) is 13.1 Å². The van der Waals surface area contributed by atoms with Crippen LogP contribution < -0.4 is 5.32 Å². The van der Waals surface area contributed by atoms with Gasteiger partial charge in [0.15, 0.2) is 0 Å². The minimum Gasteiger partial charge on any atom is -0.465 e. The molecule has 120 valence electrons. The lowest BCUT2D eigenvalue weighted by molar-refractivity contribution is 0.0358. The van der Waals surface area contributed by atoms with E-state index in [0.29, 0.717) is 6.04 Å². The molecule has 2 rings (SSSR count). The zero-order valence-corrected chi connectivity index (χ0v) is 14.5. The number of likely N-dealkylation sites (N-methyl/N-ethyl adjacent to an activating group) is 1. The van der Waals surface area contributed by atoms with Crippen molar-refractivity contribution in [3.8, 4) is 0 Å². The van der Waals surface area contributed by atoms with Crippen LogP contribution in [0.25, 0.3) is 0 Å². The molecule has 1 aliphatic heterocycles. The van der Waals surface area contributed by atoms with Gasteiger partial charge in [-0.3, -0.25) is 9.80 Å². The van der Waals surface area contributed by atoms with Crippen LogP contribution in [0.4, 0.5) is 0 Å². The van der Waals surface area contributed by atoms with Crippen molar-refractivity contribution in [3.05, 3.63) is 23.2 Å². The first-order chi connectivity index (χ1) is 9.78. The Morgan fingerprint density at radius 2 is 2.05 bits per heavy atom. The van der Waals surface area contributed by atoms with Gasteiger partial charge in [-0.2, -0.15) is 0 Å². The van der Waals surface area contributed by atoms with Crippen LogP contribution in [-0.4, -0.2) is 48.1 Å². The largest absolute Gasteiger partial charge is 0.465 e. The smallest absolute Gasteiger partial charge is 0.118 e. The van der Waals surface area contributed by atoms with Crippen molar-refractivity contribution in [2.75, 3.05) is 26.7 Å². The summed E-state index contributed by atoms with van der Waals surface area (Å²) >= 11 is 0. The standard InChI is InChI=1S/C17H31N3O/c1-13(2)18-10-16-9-15(14(3)21-16)11-20-8-7-19(6)17(4,5)12-20/h9,13,18H,7-8,10-12H2,1-6H3. The molecule has 1 N–H and O–H groups in total. The SMILES string of the molecule is Cc1oc(CNC(C)C)cc1CN1CCN(C)C(C)(C)C1. The third kappa shape index (κ3) is 4.31. The van der Waals surface area contributed by atoms with E-state index in [-0.39, 0.29) is 5.54 Å². The number of hydrogen-bond donors (Lipinski definition) is 1. The highest BCUT2D eigenvalue weighted by Gasteiger charge is 2.31. The molecule has 0 aromatic carbocycles. The second-order valence-corrected chi connectivity index (χ2v) is 7.27. The van der Waals surface area contributed by atoms with Gasteiger partial charge in [0.2, 0.25) is 0 Å². The summed E-state index contributed by atoms with van der Waals surface area (Å²) in [6.45, 7) is 16.2. The van der Waals surface area contributed by atoms with Gasteiger partial charge in [-0.05, 0) is 33.9 Å². The number of furan rings is 1. The fourth-order valence-corrected chi connectivity index (χ4v) is 2.85. The monoisotopic (exact) mass is 293 g/mol. The molecule has 0 radical (unpaired) electrons. The molecule has 1 aliphatic rings. The van der Waals surface area contributed by atoms with Crippen LogP contribution in [0.5, 0.6) is 0 Å². The van der Waals surface area contributed by atoms with Gasteiger partial charge in [0.1, 0.15) is 11.5 Å². The van der Waals surface area contributed by atoms with Gasteiger partial charge in [0, 0.05) is 43.3 Å². The molecule has 0 atom stereocenters. The van der Waals surface area contributed by atoms with Crippen molar-refractivity contribution >= 4 is 0 Å². The minimum atomic E-state index is 0.248. The van der Waals surface area contributed by atoms with Crippen LogP contribution in [0.15, 0.2) is 10.5 Å². The Morgan fingerprint density at radius 1 is 1.33 bits per heavy atom. The average molecular weight is 293 g/mol. The Kier molecular flexibility index (Phi) is 5.12. The van der Waals surface area contributed by atoms with Crippen molar-refractivity contribution in [1.82, 2.24) is 15.1 Å². The number of rotatable bonds is 5. The Balaban J connectivity index is 1.97. The predicted molar refractivity (Wildman–Crippen MR) is 87.4 cm³/mol. The summed E-state index contributed by atoms with van der Waals surface area (Å²) < 4.78 is 5.88. The molecule has 2 heterocycles. The highest BCUT2D eigenvalue weighted by atomic mass is 16.3. The van der Waals surface area contributed by atoms with E-state index in [9.17, 15) is 0 Å². The van der Waals surface area contributed by atoms with Crippen molar-refractivity contribution in [1.29, 1.82) is 0 Å². The number of nitrogens with one attached hydrogen (secondary N) is 1. The highest BCUT2D eigenvalue weighted by molar-refractivity contribution is 5.21. The molecule has 0 spiro atoms. The molecule has 0 amide bonds. The van der Waals surface area contributed by atoms with E-state index >= 15 is 0 Å². The Hall–Kier alpha value is -0.840. The molecule has 0 unspecified atom stereocenters. The summed E-state index contributed by atoms with van der Waals surface area (Å²) in [6, 6.07) is 2.70. The van der Waals surface area contributed by atoms with E-state index in [1.54, 1.807) is 0 Å². The molecule has 1 saturated heterocycles. The second-order valence-electron chi connectivity index (χ2n) is 7.27. The van der Waals surface area contributed by atoms with E-state index in [1.165, 1.54) is 5.56 Å². The van der Waals surface area contributed by atoms with Gasteiger partial charge in [-0.15, -0.1) is 0 Å². The van der Waals surface area contributed by atoms with E-state index < -0.39 is 0 Å². The van der Waals surface area contributed by atoms with Crippen LogP contribution >= 0.6 is 0 Å². The van der Waals surface area contributed by atoms with Crippen molar-refractivity contribution in [3.63, 3.8) is 0 Å². The summed E-state index contributed by atoms with van der Waals surface area (Å²) in [7, 11) is 2.22. The van der Waals surface area contributed by atoms with Crippen molar-refractivity contribution in [2.45, 2.75) is 59.3 Å². The molecule has 1 fully saturated rings. The molecular weight excluding hydrogens is 262 g/mol. The Morgan fingerprint density at radius 3 is 2.67 bits per heavy atom. The number of hydrogen-bond acceptors (Lipinski definition) is 4. The zero-order chi connectivity index (χ0) is 15.6. The molecule has 1 aromatic rings. The summed E-state index contributed by atoms with van der Waals surface area (Å²) in [5.41, 5.74) is 1.58.